The van der Waals surface area contributed by atoms with E-state index >= 15 is 0 Å². The normalized spacial score (nSPS) is 11.7. The Morgan fingerprint density at radius 2 is 1.71 bits per heavy atom. The quantitative estimate of drug-likeness (QED) is 0.693. The Balaban J connectivity index is 0.00000161. The molecular formula is C15H12CuFN4. The first-order valence-corrected chi connectivity index (χ1v) is 6.23. The van der Waals surface area contributed by atoms with Crippen LogP contribution in [0.3, 0.4) is 0 Å². The van der Waals surface area contributed by atoms with Crippen molar-refractivity contribution in [1.29, 1.82) is 0 Å². The van der Waals surface area contributed by atoms with Gasteiger partial charge in [0.15, 0.2) is 6.17 Å². The first kappa shape index (κ1) is 15.4. The van der Waals surface area contributed by atoms with E-state index in [1.165, 1.54) is 0 Å². The van der Waals surface area contributed by atoms with Gasteiger partial charge in [-0.25, -0.2) is 4.39 Å². The Kier molecular flexibility index (Phi) is 4.83. The monoisotopic (exact) mass is 330 g/mol. The van der Waals surface area contributed by atoms with E-state index in [-0.39, 0.29) is 17.1 Å². The van der Waals surface area contributed by atoms with E-state index in [1.54, 1.807) is 42.6 Å². The van der Waals surface area contributed by atoms with Crippen LogP contribution in [0, 0.1) is 6.92 Å². The largest absolute Gasteiger partial charge is 1.00 e. The van der Waals surface area contributed by atoms with Crippen molar-refractivity contribution < 1.29 is 21.5 Å². The molecule has 3 aromatic heterocycles. The maximum absolute atomic E-state index is 14.5. The molecule has 0 aliphatic rings. The van der Waals surface area contributed by atoms with Crippen molar-refractivity contribution in [2.24, 2.45) is 0 Å². The third-order valence-corrected chi connectivity index (χ3v) is 2.93. The summed E-state index contributed by atoms with van der Waals surface area (Å²) >= 11 is 0. The van der Waals surface area contributed by atoms with Gasteiger partial charge in [-0.3, -0.25) is 9.97 Å². The zero-order valence-electron chi connectivity index (χ0n) is 11.2. The molecule has 6 heteroatoms. The summed E-state index contributed by atoms with van der Waals surface area (Å²) in [6, 6.07) is 12.2. The van der Waals surface area contributed by atoms with Gasteiger partial charge in [-0.15, -0.1) is 0 Å². The molecule has 0 aliphatic heterocycles. The van der Waals surface area contributed by atoms with Gasteiger partial charge in [0.25, 0.3) is 0 Å². The van der Waals surface area contributed by atoms with E-state index in [0.717, 1.165) is 5.69 Å². The molecule has 0 N–H and O–H groups in total. The summed E-state index contributed by atoms with van der Waals surface area (Å²) < 4.78 is 14.5. The number of pyridine rings is 2. The Morgan fingerprint density at radius 1 is 1.00 bits per heavy atom. The smallest absolute Gasteiger partial charge is 0.574 e. The maximum Gasteiger partial charge on any atom is 1.00 e. The number of aryl methyl sites for hydroxylation is 1. The molecule has 0 amide bonds. The fourth-order valence-electron chi connectivity index (χ4n) is 1.96. The van der Waals surface area contributed by atoms with Crippen LogP contribution in [0.1, 0.15) is 23.3 Å². The molecule has 1 atom stereocenters. The Labute approximate surface area is 132 Å². The van der Waals surface area contributed by atoms with E-state index in [2.05, 4.69) is 20.2 Å². The molecule has 0 saturated heterocycles. The zero-order valence-corrected chi connectivity index (χ0v) is 12.1. The fourth-order valence-corrected chi connectivity index (χ4v) is 1.96. The Morgan fingerprint density at radius 3 is 2.38 bits per heavy atom. The average molecular weight is 331 g/mol. The molecule has 4 nitrogen and oxygen atoms in total. The van der Waals surface area contributed by atoms with Gasteiger partial charge in [-0.2, -0.15) is 0 Å². The second kappa shape index (κ2) is 6.61. The summed E-state index contributed by atoms with van der Waals surface area (Å²) in [5, 5.41) is 7.67. The van der Waals surface area contributed by atoms with Gasteiger partial charge in [0.05, 0.1) is 11.4 Å². The number of alkyl halides is 1. The summed E-state index contributed by atoms with van der Waals surface area (Å²) in [5.74, 6) is 0. The average Bonchev–Trinajstić information content (AvgIpc) is 3.01. The Hall–Kier alpha value is -2.04. The van der Waals surface area contributed by atoms with Crippen molar-refractivity contribution in [3.05, 3.63) is 65.7 Å². The predicted molar refractivity (Wildman–Crippen MR) is 72.7 cm³/mol. The SMILES string of the molecule is Cc1cccc(C(F)c2cccc(-c3ccn[n-]3)n2)n1.[Cu+]. The molecule has 0 bridgehead atoms. The van der Waals surface area contributed by atoms with E-state index in [0.29, 0.717) is 22.8 Å². The van der Waals surface area contributed by atoms with Crippen molar-refractivity contribution in [2.45, 2.75) is 13.1 Å². The van der Waals surface area contributed by atoms with Gasteiger partial charge in [0, 0.05) is 17.6 Å². The van der Waals surface area contributed by atoms with Gasteiger partial charge in [-0.1, -0.05) is 23.9 Å². The second-order valence-corrected chi connectivity index (χ2v) is 4.43. The molecule has 0 saturated carbocycles. The molecule has 3 aromatic rings. The molecule has 0 fully saturated rings. The summed E-state index contributed by atoms with van der Waals surface area (Å²) in [6.45, 7) is 1.83. The van der Waals surface area contributed by atoms with Crippen LogP contribution in [0.2, 0.25) is 0 Å². The predicted octanol–water partition coefficient (Wildman–Crippen LogP) is 2.86. The van der Waals surface area contributed by atoms with Gasteiger partial charge >= 0.3 is 17.1 Å². The fraction of sp³-hybridized carbons (Fsp3) is 0.133. The minimum Gasteiger partial charge on any atom is -0.574 e. The van der Waals surface area contributed by atoms with Crippen LogP contribution < -0.4 is 5.10 Å². The molecule has 3 heterocycles. The van der Waals surface area contributed by atoms with Crippen molar-refractivity contribution >= 4 is 0 Å². The molecule has 0 aromatic carbocycles. The van der Waals surface area contributed by atoms with E-state index in [4.69, 9.17) is 0 Å². The van der Waals surface area contributed by atoms with Crippen molar-refractivity contribution in [3.8, 4) is 11.4 Å². The summed E-state index contributed by atoms with van der Waals surface area (Å²) in [4.78, 5) is 8.50. The van der Waals surface area contributed by atoms with Gasteiger partial charge in [0.2, 0.25) is 0 Å². The first-order valence-electron chi connectivity index (χ1n) is 6.23. The number of aromatic nitrogens is 4. The third-order valence-electron chi connectivity index (χ3n) is 2.93. The van der Waals surface area contributed by atoms with Crippen molar-refractivity contribution in [1.82, 2.24) is 20.2 Å². The van der Waals surface area contributed by atoms with Gasteiger partial charge in [-0.05, 0) is 31.2 Å². The second-order valence-electron chi connectivity index (χ2n) is 4.43. The van der Waals surface area contributed by atoms with E-state index in [1.807, 2.05) is 13.0 Å². The number of hydrogen-bond donors (Lipinski definition) is 0. The summed E-state index contributed by atoms with van der Waals surface area (Å²) in [7, 11) is 0. The summed E-state index contributed by atoms with van der Waals surface area (Å²) in [6.07, 6.45) is 0.233. The molecule has 110 valence electrons. The van der Waals surface area contributed by atoms with Crippen LogP contribution in [0.4, 0.5) is 4.39 Å². The van der Waals surface area contributed by atoms with Crippen LogP contribution in [-0.2, 0) is 17.1 Å². The molecule has 0 aliphatic carbocycles. The van der Waals surface area contributed by atoms with Crippen molar-refractivity contribution in [2.75, 3.05) is 0 Å². The van der Waals surface area contributed by atoms with E-state index < -0.39 is 6.17 Å². The van der Waals surface area contributed by atoms with Crippen molar-refractivity contribution in [3.63, 3.8) is 0 Å². The standard InChI is InChI=1S/C15H12FN4.Cu/c1-10-4-2-6-13(18-10)15(16)14-7-3-5-11(19-14)12-8-9-17-20-12;/h2-9,15H,1H3;/q-1;+1. The molecular weight excluding hydrogens is 319 g/mol. The number of halogens is 1. The molecule has 0 spiro atoms. The topological polar surface area (TPSA) is 52.8 Å². The zero-order chi connectivity index (χ0) is 13.9. The molecule has 0 radical (unpaired) electrons. The molecule has 1 unspecified atom stereocenters. The van der Waals surface area contributed by atoms with Crippen LogP contribution in [0.15, 0.2) is 48.7 Å². The number of rotatable bonds is 3. The van der Waals surface area contributed by atoms with Crippen LogP contribution in [0.5, 0.6) is 0 Å². The van der Waals surface area contributed by atoms with Crippen LogP contribution >= 0.6 is 0 Å². The first-order chi connectivity index (χ1) is 9.74. The molecule has 3 rings (SSSR count). The minimum absolute atomic E-state index is 0. The maximum atomic E-state index is 14.5. The number of hydrogen-bond acceptors (Lipinski definition) is 3. The van der Waals surface area contributed by atoms with Crippen LogP contribution in [0.25, 0.3) is 11.4 Å². The third kappa shape index (κ3) is 3.35. The molecule has 21 heavy (non-hydrogen) atoms. The van der Waals surface area contributed by atoms with Crippen LogP contribution in [-0.4, -0.2) is 15.1 Å². The Bertz CT molecular complexity index is 715. The van der Waals surface area contributed by atoms with E-state index in [9.17, 15) is 4.39 Å². The number of nitrogens with zero attached hydrogens (tertiary/aromatic N) is 4. The van der Waals surface area contributed by atoms with Gasteiger partial charge in [0.1, 0.15) is 0 Å². The summed E-state index contributed by atoms with van der Waals surface area (Å²) in [5.41, 5.74) is 2.71. The van der Waals surface area contributed by atoms with Gasteiger partial charge < -0.3 is 10.2 Å². The minimum atomic E-state index is -1.35.